The van der Waals surface area contributed by atoms with Gasteiger partial charge in [0.25, 0.3) is 5.91 Å². The summed E-state index contributed by atoms with van der Waals surface area (Å²) in [5, 5.41) is 11.6. The molecule has 1 amide bonds. The molecule has 16 heavy (non-hydrogen) atoms. The Hall–Kier alpha value is -1.62. The van der Waals surface area contributed by atoms with Gasteiger partial charge in [-0.25, -0.2) is 0 Å². The van der Waals surface area contributed by atoms with Gasteiger partial charge in [0.2, 0.25) is 0 Å². The molecule has 5 heteroatoms. The Morgan fingerprint density at radius 1 is 1.62 bits per heavy atom. The van der Waals surface area contributed by atoms with Gasteiger partial charge in [0, 0.05) is 25.0 Å². The van der Waals surface area contributed by atoms with Crippen molar-refractivity contribution in [3.63, 3.8) is 0 Å². The number of aromatic nitrogens is 1. The number of H-pyrrole nitrogens is 1. The Morgan fingerprint density at radius 2 is 2.38 bits per heavy atom. The van der Waals surface area contributed by atoms with Gasteiger partial charge >= 0.3 is 0 Å². The number of aromatic amines is 1. The summed E-state index contributed by atoms with van der Waals surface area (Å²) in [6.45, 7) is 2.15. The van der Waals surface area contributed by atoms with E-state index in [1.165, 1.54) is 18.5 Å². The number of aliphatic hydroxyl groups excluding tert-OH is 1. The van der Waals surface area contributed by atoms with Gasteiger partial charge in [0.15, 0.2) is 5.43 Å². The lowest BCUT2D eigenvalue weighted by atomic mass is 10.2. The standard InChI is InChI=1S/C11H16N2O3/c1-8(14)3-2-5-13-11(16)9-7-12-6-4-10(9)15/h4,6-8,14H,2-3,5H2,1H3,(H,12,15)(H,13,16). The predicted molar refractivity (Wildman–Crippen MR) is 60.3 cm³/mol. The van der Waals surface area contributed by atoms with Crippen LogP contribution in [0.4, 0.5) is 0 Å². The minimum absolute atomic E-state index is 0.111. The number of aliphatic hydroxyl groups is 1. The largest absolute Gasteiger partial charge is 0.393 e. The monoisotopic (exact) mass is 224 g/mol. The molecule has 0 radical (unpaired) electrons. The van der Waals surface area contributed by atoms with Gasteiger partial charge in [0.05, 0.1) is 6.10 Å². The fraction of sp³-hybridized carbons (Fsp3) is 0.455. The second-order valence-corrected chi connectivity index (χ2v) is 3.67. The quantitative estimate of drug-likeness (QED) is 0.628. The highest BCUT2D eigenvalue weighted by molar-refractivity contribution is 5.93. The Labute approximate surface area is 93.5 Å². The van der Waals surface area contributed by atoms with Crippen LogP contribution in [0.1, 0.15) is 30.1 Å². The molecule has 5 nitrogen and oxygen atoms in total. The lowest BCUT2D eigenvalue weighted by molar-refractivity contribution is 0.0948. The van der Waals surface area contributed by atoms with Gasteiger partial charge in [0.1, 0.15) is 5.56 Å². The summed E-state index contributed by atoms with van der Waals surface area (Å²) in [7, 11) is 0. The van der Waals surface area contributed by atoms with Crippen molar-refractivity contribution in [2.45, 2.75) is 25.9 Å². The maximum absolute atomic E-state index is 11.5. The molecule has 0 aromatic carbocycles. The molecule has 1 rings (SSSR count). The van der Waals surface area contributed by atoms with E-state index in [-0.39, 0.29) is 23.0 Å². The molecule has 3 N–H and O–H groups in total. The zero-order valence-electron chi connectivity index (χ0n) is 9.19. The van der Waals surface area contributed by atoms with Crippen LogP contribution in [0.15, 0.2) is 23.3 Å². The number of nitrogens with one attached hydrogen (secondary N) is 2. The first-order valence-electron chi connectivity index (χ1n) is 5.24. The Morgan fingerprint density at radius 3 is 3.00 bits per heavy atom. The Balaban J connectivity index is 2.42. The van der Waals surface area contributed by atoms with Crippen molar-refractivity contribution in [2.24, 2.45) is 0 Å². The van der Waals surface area contributed by atoms with Crippen molar-refractivity contribution < 1.29 is 9.90 Å². The van der Waals surface area contributed by atoms with Gasteiger partial charge in [-0.2, -0.15) is 0 Å². The van der Waals surface area contributed by atoms with Gasteiger partial charge in [-0.05, 0) is 19.8 Å². The van der Waals surface area contributed by atoms with Crippen molar-refractivity contribution in [2.75, 3.05) is 6.54 Å². The molecule has 0 aliphatic rings. The van der Waals surface area contributed by atoms with Gasteiger partial charge in [-0.3, -0.25) is 9.59 Å². The maximum atomic E-state index is 11.5. The number of hydrogen-bond acceptors (Lipinski definition) is 3. The summed E-state index contributed by atoms with van der Waals surface area (Å²) in [6.07, 6.45) is 3.82. The smallest absolute Gasteiger partial charge is 0.256 e. The highest BCUT2D eigenvalue weighted by Gasteiger charge is 2.08. The Kier molecular flexibility index (Phi) is 4.72. The molecule has 0 saturated heterocycles. The molecular formula is C11H16N2O3. The molecule has 0 aliphatic carbocycles. The van der Waals surface area contributed by atoms with E-state index in [1.807, 2.05) is 0 Å². The first-order valence-corrected chi connectivity index (χ1v) is 5.24. The third-order valence-corrected chi connectivity index (χ3v) is 2.15. The summed E-state index contributed by atoms with van der Waals surface area (Å²) in [6, 6.07) is 1.31. The summed E-state index contributed by atoms with van der Waals surface area (Å²) in [5.74, 6) is -0.382. The molecule has 88 valence electrons. The predicted octanol–water partition coefficient (Wildman–Crippen LogP) is 0.266. The minimum atomic E-state index is -0.382. The van der Waals surface area contributed by atoms with Crippen molar-refractivity contribution in [1.29, 1.82) is 0 Å². The van der Waals surface area contributed by atoms with Crippen LogP contribution in [-0.2, 0) is 0 Å². The zero-order chi connectivity index (χ0) is 12.0. The van der Waals surface area contributed by atoms with Gasteiger partial charge in [-0.1, -0.05) is 0 Å². The van der Waals surface area contributed by atoms with Gasteiger partial charge < -0.3 is 15.4 Å². The van der Waals surface area contributed by atoms with E-state index < -0.39 is 0 Å². The number of amides is 1. The lowest BCUT2D eigenvalue weighted by Crippen LogP contribution is -2.29. The number of pyridine rings is 1. The SMILES string of the molecule is CC(O)CCCNC(=O)c1c[nH]ccc1=O. The van der Waals surface area contributed by atoms with Crippen LogP contribution in [0.25, 0.3) is 0 Å². The molecule has 1 unspecified atom stereocenters. The fourth-order valence-corrected chi connectivity index (χ4v) is 1.29. The van der Waals surface area contributed by atoms with Crippen molar-refractivity contribution in [1.82, 2.24) is 10.3 Å². The molecule has 1 heterocycles. The second-order valence-electron chi connectivity index (χ2n) is 3.67. The van der Waals surface area contributed by atoms with E-state index in [0.29, 0.717) is 19.4 Å². The highest BCUT2D eigenvalue weighted by atomic mass is 16.3. The molecule has 0 aliphatic heterocycles. The summed E-state index contributed by atoms with van der Waals surface area (Å²) in [4.78, 5) is 25.5. The van der Waals surface area contributed by atoms with E-state index in [0.717, 1.165) is 0 Å². The van der Waals surface area contributed by atoms with E-state index in [4.69, 9.17) is 5.11 Å². The number of carbonyl (C=O) groups is 1. The second kappa shape index (κ2) is 6.07. The van der Waals surface area contributed by atoms with Crippen molar-refractivity contribution in [3.05, 3.63) is 34.2 Å². The summed E-state index contributed by atoms with van der Waals surface area (Å²) in [5.41, 5.74) is -0.189. The molecular weight excluding hydrogens is 208 g/mol. The molecule has 0 fully saturated rings. The minimum Gasteiger partial charge on any atom is -0.393 e. The number of carbonyl (C=O) groups excluding carboxylic acids is 1. The average molecular weight is 224 g/mol. The molecule has 0 bridgehead atoms. The molecule has 1 atom stereocenters. The van der Waals surface area contributed by atoms with E-state index in [9.17, 15) is 9.59 Å². The summed E-state index contributed by atoms with van der Waals surface area (Å²) < 4.78 is 0. The van der Waals surface area contributed by atoms with Crippen LogP contribution in [-0.4, -0.2) is 28.6 Å². The van der Waals surface area contributed by atoms with Crippen LogP contribution in [0.5, 0.6) is 0 Å². The van der Waals surface area contributed by atoms with Crippen molar-refractivity contribution in [3.8, 4) is 0 Å². The number of rotatable bonds is 5. The third-order valence-electron chi connectivity index (χ3n) is 2.15. The molecule has 0 saturated carbocycles. The normalized spacial score (nSPS) is 12.1. The van der Waals surface area contributed by atoms with Crippen LogP contribution < -0.4 is 10.7 Å². The third kappa shape index (κ3) is 3.86. The highest BCUT2D eigenvalue weighted by Crippen LogP contribution is 1.94. The zero-order valence-corrected chi connectivity index (χ0v) is 9.19. The molecule has 1 aromatic heterocycles. The van der Waals surface area contributed by atoms with Gasteiger partial charge in [-0.15, -0.1) is 0 Å². The maximum Gasteiger partial charge on any atom is 0.256 e. The van der Waals surface area contributed by atoms with Crippen LogP contribution in [0.2, 0.25) is 0 Å². The first kappa shape index (κ1) is 12.4. The van der Waals surface area contributed by atoms with Crippen LogP contribution >= 0.6 is 0 Å². The molecule has 1 aromatic rings. The first-order chi connectivity index (χ1) is 7.61. The summed E-state index contributed by atoms with van der Waals surface area (Å²) >= 11 is 0. The lowest BCUT2D eigenvalue weighted by Gasteiger charge is -2.05. The van der Waals surface area contributed by atoms with Crippen LogP contribution in [0.3, 0.4) is 0 Å². The number of hydrogen-bond donors (Lipinski definition) is 3. The van der Waals surface area contributed by atoms with E-state index in [1.54, 1.807) is 6.92 Å². The van der Waals surface area contributed by atoms with E-state index in [2.05, 4.69) is 10.3 Å². The van der Waals surface area contributed by atoms with Crippen LogP contribution in [0, 0.1) is 0 Å². The topological polar surface area (TPSA) is 82.2 Å². The Bertz CT molecular complexity index is 398. The van der Waals surface area contributed by atoms with E-state index >= 15 is 0 Å². The fourth-order valence-electron chi connectivity index (χ4n) is 1.29. The average Bonchev–Trinajstić information content (AvgIpc) is 2.24. The molecule has 0 spiro atoms. The van der Waals surface area contributed by atoms with Crippen molar-refractivity contribution >= 4 is 5.91 Å².